The Hall–Kier alpha value is -1.02. The zero-order chi connectivity index (χ0) is 11.4. The van der Waals surface area contributed by atoms with E-state index in [0.29, 0.717) is 12.0 Å². The highest BCUT2D eigenvalue weighted by Crippen LogP contribution is 2.16. The third kappa shape index (κ3) is 2.96. The van der Waals surface area contributed by atoms with E-state index in [2.05, 4.69) is 0 Å². The Bertz CT molecular complexity index is 332. The summed E-state index contributed by atoms with van der Waals surface area (Å²) in [4.78, 5) is 13.7. The molecular weight excluding hydrogens is 210 g/mol. The summed E-state index contributed by atoms with van der Waals surface area (Å²) in [5.74, 6) is 0.00414. The van der Waals surface area contributed by atoms with Crippen LogP contribution < -0.4 is 4.90 Å². The number of hydrogen-bond acceptors (Lipinski definition) is 2. The fourth-order valence-corrected chi connectivity index (χ4v) is 1.42. The first-order valence-electron chi connectivity index (χ1n) is 5.02. The van der Waals surface area contributed by atoms with Crippen molar-refractivity contribution in [2.24, 2.45) is 0 Å². The molecule has 0 fully saturated rings. The third-order valence-corrected chi connectivity index (χ3v) is 2.82. The van der Waals surface area contributed by atoms with Crippen LogP contribution in [0, 0.1) is 0 Å². The van der Waals surface area contributed by atoms with Gasteiger partial charge in [-0.1, -0.05) is 6.92 Å². The number of hydrogen-bond donors (Lipinski definition) is 0. The van der Waals surface area contributed by atoms with Crippen LogP contribution in [0.3, 0.4) is 0 Å². The van der Waals surface area contributed by atoms with Crippen molar-refractivity contribution < 1.29 is 4.79 Å². The molecule has 0 aliphatic carbocycles. The number of carbonyl (C=O) groups excluding carboxylic acids is 1. The first-order valence-corrected chi connectivity index (χ1v) is 5.45. The van der Waals surface area contributed by atoms with Crippen LogP contribution in [0.4, 0.5) is 5.69 Å². The minimum atomic E-state index is -0.407. The first-order chi connectivity index (χ1) is 7.06. The number of benzene rings is 1. The van der Waals surface area contributed by atoms with Crippen molar-refractivity contribution >= 4 is 23.1 Å². The normalized spacial score (nSPS) is 12.3. The van der Waals surface area contributed by atoms with Crippen LogP contribution in [0.1, 0.15) is 23.7 Å². The molecule has 2 nitrogen and oxygen atoms in total. The molecular formula is C12H16ClNO. The van der Waals surface area contributed by atoms with Gasteiger partial charge >= 0.3 is 0 Å². The van der Waals surface area contributed by atoms with Gasteiger partial charge in [0.05, 0.1) is 5.38 Å². The molecule has 1 aromatic carbocycles. The number of rotatable bonds is 4. The van der Waals surface area contributed by atoms with Gasteiger partial charge in [-0.3, -0.25) is 4.79 Å². The quantitative estimate of drug-likeness (QED) is 0.580. The molecule has 1 unspecified atom stereocenters. The summed E-state index contributed by atoms with van der Waals surface area (Å²) >= 11 is 5.89. The molecule has 1 atom stereocenters. The van der Waals surface area contributed by atoms with Crippen molar-refractivity contribution in [2.45, 2.75) is 18.7 Å². The van der Waals surface area contributed by atoms with Gasteiger partial charge in [-0.2, -0.15) is 0 Å². The Labute approximate surface area is 95.8 Å². The summed E-state index contributed by atoms with van der Waals surface area (Å²) in [6.45, 7) is 1.91. The standard InChI is InChI=1S/C12H16ClNO/c1-4-11(13)12(15)9-5-7-10(8-6-9)14(2)3/h5-8,11H,4H2,1-3H3. The Kier molecular flexibility index (Phi) is 4.15. The molecule has 0 amide bonds. The minimum Gasteiger partial charge on any atom is -0.378 e. The Morgan fingerprint density at radius 1 is 1.33 bits per heavy atom. The average Bonchev–Trinajstić information content (AvgIpc) is 2.27. The van der Waals surface area contributed by atoms with E-state index in [1.165, 1.54) is 0 Å². The molecule has 0 aliphatic rings. The van der Waals surface area contributed by atoms with Crippen LogP contribution in [0.5, 0.6) is 0 Å². The van der Waals surface area contributed by atoms with Crippen LogP contribution in [0.15, 0.2) is 24.3 Å². The summed E-state index contributed by atoms with van der Waals surface area (Å²) in [5, 5.41) is -0.407. The second-order valence-corrected chi connectivity index (χ2v) is 4.21. The molecule has 82 valence electrons. The number of nitrogens with zero attached hydrogens (tertiary/aromatic N) is 1. The van der Waals surface area contributed by atoms with Gasteiger partial charge in [-0.15, -0.1) is 11.6 Å². The van der Waals surface area contributed by atoms with Crippen molar-refractivity contribution in [3.8, 4) is 0 Å². The second-order valence-electron chi connectivity index (χ2n) is 3.68. The van der Waals surface area contributed by atoms with Gasteiger partial charge in [0.25, 0.3) is 0 Å². The predicted molar refractivity (Wildman–Crippen MR) is 65.0 cm³/mol. The van der Waals surface area contributed by atoms with Crippen LogP contribution in [-0.2, 0) is 0 Å². The Morgan fingerprint density at radius 3 is 2.27 bits per heavy atom. The average molecular weight is 226 g/mol. The molecule has 3 heteroatoms. The minimum absolute atomic E-state index is 0.00414. The van der Waals surface area contributed by atoms with Crippen molar-refractivity contribution in [3.05, 3.63) is 29.8 Å². The van der Waals surface area contributed by atoms with Gasteiger partial charge in [-0.05, 0) is 30.7 Å². The fraction of sp³-hybridized carbons (Fsp3) is 0.417. The van der Waals surface area contributed by atoms with Crippen LogP contribution in [-0.4, -0.2) is 25.3 Å². The molecule has 0 N–H and O–H groups in total. The van der Waals surface area contributed by atoms with E-state index >= 15 is 0 Å². The molecule has 15 heavy (non-hydrogen) atoms. The monoisotopic (exact) mass is 225 g/mol. The first kappa shape index (κ1) is 12.1. The third-order valence-electron chi connectivity index (χ3n) is 2.31. The summed E-state index contributed by atoms with van der Waals surface area (Å²) in [5.41, 5.74) is 1.76. The Morgan fingerprint density at radius 2 is 1.87 bits per heavy atom. The van der Waals surface area contributed by atoms with Gasteiger partial charge in [-0.25, -0.2) is 0 Å². The zero-order valence-corrected chi connectivity index (χ0v) is 10.1. The lowest BCUT2D eigenvalue weighted by molar-refractivity contribution is 0.0985. The van der Waals surface area contributed by atoms with E-state index < -0.39 is 5.38 Å². The second kappa shape index (κ2) is 5.17. The van der Waals surface area contributed by atoms with E-state index in [0.717, 1.165) is 5.69 Å². The molecule has 0 heterocycles. The van der Waals surface area contributed by atoms with Crippen LogP contribution in [0.2, 0.25) is 0 Å². The highest BCUT2D eigenvalue weighted by molar-refractivity contribution is 6.33. The lowest BCUT2D eigenvalue weighted by atomic mass is 10.1. The number of halogens is 1. The van der Waals surface area contributed by atoms with Gasteiger partial charge in [0, 0.05) is 25.3 Å². The SMILES string of the molecule is CCC(Cl)C(=O)c1ccc(N(C)C)cc1. The predicted octanol–water partition coefficient (Wildman–Crippen LogP) is 2.95. The number of ketones is 1. The molecule has 0 saturated heterocycles. The van der Waals surface area contributed by atoms with Crippen LogP contribution in [0.25, 0.3) is 0 Å². The zero-order valence-electron chi connectivity index (χ0n) is 9.33. The van der Waals surface area contributed by atoms with Crippen LogP contribution >= 0.6 is 11.6 Å². The number of Topliss-reactive ketones (excluding diaryl/α,β-unsaturated/α-hetero) is 1. The summed E-state index contributed by atoms with van der Waals surface area (Å²) < 4.78 is 0. The maximum atomic E-state index is 11.7. The molecule has 0 aliphatic heterocycles. The molecule has 0 spiro atoms. The largest absolute Gasteiger partial charge is 0.378 e. The molecule has 0 bridgehead atoms. The summed E-state index contributed by atoms with van der Waals surface area (Å²) in [6.07, 6.45) is 0.663. The summed E-state index contributed by atoms with van der Waals surface area (Å²) in [7, 11) is 3.93. The van der Waals surface area contributed by atoms with Crippen molar-refractivity contribution in [2.75, 3.05) is 19.0 Å². The number of carbonyl (C=O) groups is 1. The highest BCUT2D eigenvalue weighted by Gasteiger charge is 2.14. The molecule has 0 saturated carbocycles. The molecule has 0 aromatic heterocycles. The maximum absolute atomic E-state index is 11.7. The topological polar surface area (TPSA) is 20.3 Å². The fourth-order valence-electron chi connectivity index (χ4n) is 1.29. The molecule has 1 rings (SSSR count). The molecule has 1 aromatic rings. The van der Waals surface area contributed by atoms with Crippen molar-refractivity contribution in [1.82, 2.24) is 0 Å². The highest BCUT2D eigenvalue weighted by atomic mass is 35.5. The van der Waals surface area contributed by atoms with Crippen molar-refractivity contribution in [3.63, 3.8) is 0 Å². The lowest BCUT2D eigenvalue weighted by Crippen LogP contribution is -2.14. The lowest BCUT2D eigenvalue weighted by Gasteiger charge is -2.13. The van der Waals surface area contributed by atoms with Gasteiger partial charge in [0.1, 0.15) is 0 Å². The number of alkyl halides is 1. The molecule has 0 radical (unpaired) electrons. The van der Waals surface area contributed by atoms with E-state index in [1.54, 1.807) is 0 Å². The van der Waals surface area contributed by atoms with Gasteiger partial charge < -0.3 is 4.90 Å². The maximum Gasteiger partial charge on any atom is 0.180 e. The smallest absolute Gasteiger partial charge is 0.180 e. The Balaban J connectivity index is 2.84. The van der Waals surface area contributed by atoms with E-state index in [1.807, 2.05) is 50.2 Å². The number of anilines is 1. The van der Waals surface area contributed by atoms with E-state index in [4.69, 9.17) is 11.6 Å². The van der Waals surface area contributed by atoms with E-state index in [-0.39, 0.29) is 5.78 Å². The van der Waals surface area contributed by atoms with E-state index in [9.17, 15) is 4.79 Å². The summed E-state index contributed by atoms with van der Waals surface area (Å²) in [6, 6.07) is 7.49. The van der Waals surface area contributed by atoms with Gasteiger partial charge in [0.2, 0.25) is 0 Å². The van der Waals surface area contributed by atoms with Gasteiger partial charge in [0.15, 0.2) is 5.78 Å². The van der Waals surface area contributed by atoms with Crippen molar-refractivity contribution in [1.29, 1.82) is 0 Å².